The molecule has 6 atom stereocenters. The van der Waals surface area contributed by atoms with E-state index in [9.17, 15) is 4.79 Å². The van der Waals surface area contributed by atoms with Gasteiger partial charge in [0.2, 0.25) is 0 Å². The molecule has 0 N–H and O–H groups in total. The van der Waals surface area contributed by atoms with Crippen molar-refractivity contribution >= 4 is 16.7 Å². The van der Waals surface area contributed by atoms with Crippen LogP contribution in [0.1, 0.15) is 82.5 Å². The van der Waals surface area contributed by atoms with E-state index in [4.69, 9.17) is 10.2 Å². The van der Waals surface area contributed by atoms with Crippen molar-refractivity contribution in [2.45, 2.75) is 78.1 Å². The molecule has 0 spiro atoms. The average Bonchev–Trinajstić information content (AvgIpc) is 3.48. The molecule has 2 heterocycles. The van der Waals surface area contributed by atoms with Crippen LogP contribution in [0.25, 0.3) is 16.6 Å². The van der Waals surface area contributed by atoms with Gasteiger partial charge >= 0.3 is 0 Å². The number of rotatable bonds is 2. The Kier molecular flexibility index (Phi) is 4.87. The molecule has 0 saturated heterocycles. The Bertz CT molecular complexity index is 1390. The van der Waals surface area contributed by atoms with Gasteiger partial charge in [0.1, 0.15) is 5.52 Å². The zero-order chi connectivity index (χ0) is 24.7. The van der Waals surface area contributed by atoms with Crippen molar-refractivity contribution in [3.8, 4) is 5.69 Å². The molecule has 0 amide bonds. The van der Waals surface area contributed by atoms with E-state index in [1.54, 1.807) is 0 Å². The summed E-state index contributed by atoms with van der Waals surface area (Å²) in [6.45, 7) is 7.07. The van der Waals surface area contributed by atoms with Gasteiger partial charge < -0.3 is 0 Å². The summed E-state index contributed by atoms with van der Waals surface area (Å²) >= 11 is 0. The maximum atomic E-state index is 12.2. The molecule has 186 valence electrons. The zero-order valence-corrected chi connectivity index (χ0v) is 21.7. The second kappa shape index (κ2) is 7.84. The van der Waals surface area contributed by atoms with Crippen LogP contribution >= 0.6 is 0 Å². The van der Waals surface area contributed by atoms with Gasteiger partial charge in [0, 0.05) is 23.9 Å². The van der Waals surface area contributed by atoms with Crippen LogP contribution in [0.4, 0.5) is 0 Å². The Morgan fingerprint density at radius 1 is 0.944 bits per heavy atom. The van der Waals surface area contributed by atoms with Crippen LogP contribution in [0.3, 0.4) is 0 Å². The van der Waals surface area contributed by atoms with E-state index in [1.165, 1.54) is 37.7 Å². The van der Waals surface area contributed by atoms with E-state index in [-0.39, 0.29) is 10.8 Å². The summed E-state index contributed by atoms with van der Waals surface area (Å²) < 4.78 is 2.00. The van der Waals surface area contributed by atoms with E-state index in [2.05, 4.69) is 49.4 Å². The fourth-order valence-corrected chi connectivity index (χ4v) is 9.01. The molecule has 3 fully saturated rings. The quantitative estimate of drug-likeness (QED) is 0.407. The molecule has 0 aliphatic heterocycles. The molecular weight excluding hydrogens is 444 g/mol. The van der Waals surface area contributed by atoms with E-state index < -0.39 is 0 Å². The average molecular weight is 481 g/mol. The largest absolute Gasteiger partial charge is 0.295 e. The Balaban J connectivity index is 1.26. The summed E-state index contributed by atoms with van der Waals surface area (Å²) in [5.41, 5.74) is 6.08. The normalized spacial score (nSPS) is 35.8. The third-order valence-electron chi connectivity index (χ3n) is 11.0. The van der Waals surface area contributed by atoms with Crippen molar-refractivity contribution in [1.29, 1.82) is 0 Å². The van der Waals surface area contributed by atoms with E-state index in [1.807, 2.05) is 23.7 Å². The highest BCUT2D eigenvalue weighted by Gasteiger charge is 2.59. The molecule has 0 bridgehead atoms. The van der Waals surface area contributed by atoms with E-state index in [0.29, 0.717) is 23.5 Å². The fourth-order valence-electron chi connectivity index (χ4n) is 9.01. The second-order valence-corrected chi connectivity index (χ2v) is 12.5. The lowest BCUT2D eigenvalue weighted by Crippen LogP contribution is -2.50. The van der Waals surface area contributed by atoms with Crippen LogP contribution in [0.2, 0.25) is 0 Å². The van der Waals surface area contributed by atoms with Gasteiger partial charge in [-0.1, -0.05) is 37.6 Å². The molecule has 4 aliphatic carbocycles. The standard InChI is InChI=1S/C31H36N4O/c1-19-24-18-35(21-7-5-4-6-8-21)34-28(24)29(33-32-19)27-12-11-25-23-10-9-20-17-22(36)13-15-30(20,2)26(23)14-16-31(25,27)3/h4-8,17-18,23,25-27H,9-16H2,1-3H3/t23?,25?,26?,27-,30+,31+/m1/s1. The van der Waals surface area contributed by atoms with Crippen molar-refractivity contribution in [3.05, 3.63) is 59.6 Å². The molecule has 3 aromatic rings. The second-order valence-electron chi connectivity index (χ2n) is 12.5. The topological polar surface area (TPSA) is 60.7 Å². The first-order valence-corrected chi connectivity index (χ1v) is 13.9. The molecule has 7 rings (SSSR count). The lowest BCUT2D eigenvalue weighted by molar-refractivity contribution is -0.117. The molecular formula is C31H36N4O. The molecule has 5 nitrogen and oxygen atoms in total. The number of allylic oxidation sites excluding steroid dienone is 1. The molecule has 3 saturated carbocycles. The summed E-state index contributed by atoms with van der Waals surface area (Å²) in [6.07, 6.45) is 13.2. The minimum atomic E-state index is 0.224. The van der Waals surface area contributed by atoms with Crippen molar-refractivity contribution in [1.82, 2.24) is 20.0 Å². The number of carbonyl (C=O) groups excluding carboxylic acids is 1. The summed E-state index contributed by atoms with van der Waals surface area (Å²) in [6, 6.07) is 10.3. The number of nitrogens with zero attached hydrogens (tertiary/aromatic N) is 4. The number of aryl methyl sites for hydroxylation is 1. The van der Waals surface area contributed by atoms with E-state index in [0.717, 1.165) is 53.2 Å². The summed E-state index contributed by atoms with van der Waals surface area (Å²) in [5.74, 6) is 2.92. The van der Waals surface area contributed by atoms with Crippen LogP contribution in [-0.4, -0.2) is 25.8 Å². The minimum absolute atomic E-state index is 0.224. The Hall–Kier alpha value is -2.82. The first-order chi connectivity index (χ1) is 17.4. The number of carbonyl (C=O) groups is 1. The van der Waals surface area contributed by atoms with Crippen molar-refractivity contribution in [2.75, 3.05) is 0 Å². The predicted octanol–water partition coefficient (Wildman–Crippen LogP) is 6.74. The lowest BCUT2D eigenvalue weighted by Gasteiger charge is -2.58. The number of para-hydroxylation sites is 1. The van der Waals surface area contributed by atoms with Gasteiger partial charge in [-0.3, -0.25) is 4.79 Å². The highest BCUT2D eigenvalue weighted by molar-refractivity contribution is 5.91. The van der Waals surface area contributed by atoms with Gasteiger partial charge in [-0.15, -0.1) is 0 Å². The molecule has 36 heavy (non-hydrogen) atoms. The van der Waals surface area contributed by atoms with Crippen LogP contribution in [0.15, 0.2) is 48.2 Å². The van der Waals surface area contributed by atoms with Crippen LogP contribution in [0.5, 0.6) is 0 Å². The predicted molar refractivity (Wildman–Crippen MR) is 141 cm³/mol. The highest BCUT2D eigenvalue weighted by Crippen LogP contribution is 2.68. The van der Waals surface area contributed by atoms with Gasteiger partial charge in [0.15, 0.2) is 5.78 Å². The molecule has 5 heteroatoms. The molecule has 2 aromatic heterocycles. The van der Waals surface area contributed by atoms with Gasteiger partial charge in [-0.2, -0.15) is 15.3 Å². The lowest BCUT2D eigenvalue weighted by atomic mass is 9.46. The summed E-state index contributed by atoms with van der Waals surface area (Å²) in [5, 5.41) is 15.7. The molecule has 4 aliphatic rings. The first-order valence-electron chi connectivity index (χ1n) is 13.9. The number of hydrogen-bond acceptors (Lipinski definition) is 4. The SMILES string of the molecule is Cc1nnc([C@H]2CCC3C4CCC5=CC(=O)CC[C@]5(C)C4CC[C@@]32C)c2nn(-c3ccccc3)cc12. The van der Waals surface area contributed by atoms with Crippen LogP contribution in [-0.2, 0) is 4.79 Å². The van der Waals surface area contributed by atoms with Crippen LogP contribution < -0.4 is 0 Å². The van der Waals surface area contributed by atoms with Gasteiger partial charge in [-0.25, -0.2) is 4.68 Å². The molecule has 1 aromatic carbocycles. The number of fused-ring (bicyclic) bond motifs is 6. The maximum absolute atomic E-state index is 12.2. The number of benzene rings is 1. The zero-order valence-electron chi connectivity index (χ0n) is 21.7. The molecule has 3 unspecified atom stereocenters. The third-order valence-corrected chi connectivity index (χ3v) is 11.0. The smallest absolute Gasteiger partial charge is 0.155 e. The summed E-state index contributed by atoms with van der Waals surface area (Å²) in [7, 11) is 0. The Morgan fingerprint density at radius 3 is 2.61 bits per heavy atom. The minimum Gasteiger partial charge on any atom is -0.295 e. The maximum Gasteiger partial charge on any atom is 0.155 e. The highest BCUT2D eigenvalue weighted by atomic mass is 16.1. The van der Waals surface area contributed by atoms with Crippen molar-refractivity contribution < 1.29 is 4.79 Å². The van der Waals surface area contributed by atoms with E-state index >= 15 is 0 Å². The number of ketones is 1. The Morgan fingerprint density at radius 2 is 1.78 bits per heavy atom. The monoisotopic (exact) mass is 480 g/mol. The van der Waals surface area contributed by atoms with Crippen molar-refractivity contribution in [3.63, 3.8) is 0 Å². The third kappa shape index (κ3) is 3.07. The van der Waals surface area contributed by atoms with Gasteiger partial charge in [0.05, 0.1) is 17.1 Å². The Labute approximate surface area is 213 Å². The molecule has 0 radical (unpaired) electrons. The summed E-state index contributed by atoms with van der Waals surface area (Å²) in [4.78, 5) is 12.2. The van der Waals surface area contributed by atoms with Crippen molar-refractivity contribution in [2.24, 2.45) is 28.6 Å². The number of aromatic nitrogens is 4. The van der Waals surface area contributed by atoms with Crippen LogP contribution in [0, 0.1) is 35.5 Å². The van der Waals surface area contributed by atoms with Gasteiger partial charge in [-0.05, 0) is 98.7 Å². The van der Waals surface area contributed by atoms with Gasteiger partial charge in [0.25, 0.3) is 0 Å². The first kappa shape index (κ1) is 22.4. The number of hydrogen-bond donors (Lipinski definition) is 0. The fraction of sp³-hybridized carbons (Fsp3) is 0.548.